The van der Waals surface area contributed by atoms with Gasteiger partial charge in [-0.05, 0) is 54.4 Å². The Labute approximate surface area is 168 Å². The quantitative estimate of drug-likeness (QED) is 0.635. The maximum absolute atomic E-state index is 13.1. The molecule has 1 heterocycles. The zero-order valence-electron chi connectivity index (χ0n) is 15.8. The number of hydrogen-bond acceptors (Lipinski definition) is 6. The van der Waals surface area contributed by atoms with Crippen molar-refractivity contribution in [2.24, 2.45) is 0 Å². The smallest absolute Gasteiger partial charge is 0.247 e. The second kappa shape index (κ2) is 8.26. The molecule has 7 nitrogen and oxygen atoms in total. The maximum Gasteiger partial charge on any atom is 0.247 e. The predicted octanol–water partition coefficient (Wildman–Crippen LogP) is 3.26. The van der Waals surface area contributed by atoms with Crippen molar-refractivity contribution in [3.05, 3.63) is 48.2 Å². The van der Waals surface area contributed by atoms with Crippen LogP contribution in [0.2, 0.25) is 0 Å². The van der Waals surface area contributed by atoms with Gasteiger partial charge in [0, 0.05) is 23.8 Å². The molecule has 0 saturated carbocycles. The summed E-state index contributed by atoms with van der Waals surface area (Å²) in [5.74, 6) is -0.167. The molecule has 0 saturated heterocycles. The monoisotopic (exact) mass is 419 g/mol. The lowest BCUT2D eigenvalue weighted by Crippen LogP contribution is -2.38. The molecular formula is C19H21N3O4S2. The van der Waals surface area contributed by atoms with Gasteiger partial charge in [0.1, 0.15) is 10.6 Å². The van der Waals surface area contributed by atoms with E-state index in [0.717, 1.165) is 20.0 Å². The van der Waals surface area contributed by atoms with Crippen LogP contribution in [0.25, 0.3) is 10.1 Å². The number of aryl methyl sites for hydroxylation is 1. The lowest BCUT2D eigenvalue weighted by molar-refractivity contribution is -0.116. The van der Waals surface area contributed by atoms with E-state index in [-0.39, 0.29) is 23.7 Å². The van der Waals surface area contributed by atoms with Crippen molar-refractivity contribution in [2.45, 2.75) is 18.7 Å². The number of carbonyl (C=O) groups excluding carboxylic acids is 1. The number of aromatic nitrogens is 1. The van der Waals surface area contributed by atoms with Crippen LogP contribution in [-0.2, 0) is 14.8 Å². The van der Waals surface area contributed by atoms with E-state index in [0.29, 0.717) is 5.69 Å². The molecule has 148 valence electrons. The third kappa shape index (κ3) is 4.16. The molecule has 0 aliphatic heterocycles. The van der Waals surface area contributed by atoms with Crippen molar-refractivity contribution in [3.8, 4) is 5.75 Å². The zero-order valence-corrected chi connectivity index (χ0v) is 17.4. The van der Waals surface area contributed by atoms with Crippen LogP contribution in [0, 0.1) is 6.92 Å². The van der Waals surface area contributed by atoms with Crippen LogP contribution < -0.4 is 10.1 Å². The van der Waals surface area contributed by atoms with Crippen molar-refractivity contribution in [1.82, 2.24) is 8.68 Å². The highest BCUT2D eigenvalue weighted by molar-refractivity contribution is 7.89. The molecule has 3 aromatic rings. The normalized spacial score (nSPS) is 11.7. The summed E-state index contributed by atoms with van der Waals surface area (Å²) < 4.78 is 37.6. The fourth-order valence-corrected chi connectivity index (χ4v) is 5.07. The van der Waals surface area contributed by atoms with E-state index in [1.165, 1.54) is 18.6 Å². The van der Waals surface area contributed by atoms with Crippen LogP contribution in [0.3, 0.4) is 0 Å². The van der Waals surface area contributed by atoms with E-state index in [9.17, 15) is 13.2 Å². The van der Waals surface area contributed by atoms with Crippen molar-refractivity contribution >= 4 is 43.2 Å². The Bertz CT molecular complexity index is 1110. The molecule has 0 aliphatic rings. The summed E-state index contributed by atoms with van der Waals surface area (Å²) in [6, 6.07) is 10.4. The molecule has 0 fully saturated rings. The lowest BCUT2D eigenvalue weighted by atomic mass is 10.2. The number of methoxy groups -OCH3 is 1. The molecule has 1 aromatic heterocycles. The van der Waals surface area contributed by atoms with E-state index >= 15 is 0 Å². The molecule has 2 aromatic carbocycles. The van der Waals surface area contributed by atoms with E-state index in [1.807, 2.05) is 12.1 Å². The van der Waals surface area contributed by atoms with Crippen LogP contribution in [0.15, 0.2) is 47.5 Å². The first-order valence-electron chi connectivity index (χ1n) is 8.64. The molecule has 0 aliphatic carbocycles. The minimum atomic E-state index is -3.89. The fraction of sp³-hybridized carbons (Fsp3) is 0.263. The average molecular weight is 420 g/mol. The molecule has 0 radical (unpaired) electrons. The van der Waals surface area contributed by atoms with E-state index in [1.54, 1.807) is 44.3 Å². The zero-order chi connectivity index (χ0) is 20.3. The lowest BCUT2D eigenvalue weighted by Gasteiger charge is -2.21. The van der Waals surface area contributed by atoms with E-state index in [2.05, 4.69) is 9.69 Å². The minimum absolute atomic E-state index is 0.0513. The molecule has 0 unspecified atom stereocenters. The molecule has 0 spiro atoms. The molecule has 28 heavy (non-hydrogen) atoms. The van der Waals surface area contributed by atoms with Gasteiger partial charge >= 0.3 is 0 Å². The Balaban J connectivity index is 1.80. The molecule has 3 rings (SSSR count). The van der Waals surface area contributed by atoms with Gasteiger partial charge in [0.2, 0.25) is 15.9 Å². The van der Waals surface area contributed by atoms with Crippen molar-refractivity contribution in [1.29, 1.82) is 0 Å². The number of rotatable bonds is 7. The van der Waals surface area contributed by atoms with Gasteiger partial charge < -0.3 is 10.1 Å². The Morgan fingerprint density at radius 3 is 2.75 bits per heavy atom. The molecular weight excluding hydrogens is 398 g/mol. The minimum Gasteiger partial charge on any atom is -0.495 e. The van der Waals surface area contributed by atoms with Gasteiger partial charge in [0.25, 0.3) is 0 Å². The number of amides is 1. The number of ether oxygens (including phenoxy) is 1. The third-order valence-corrected chi connectivity index (χ3v) is 6.97. The van der Waals surface area contributed by atoms with Crippen LogP contribution in [0.1, 0.15) is 12.5 Å². The van der Waals surface area contributed by atoms with Crippen LogP contribution in [0.5, 0.6) is 5.75 Å². The summed E-state index contributed by atoms with van der Waals surface area (Å²) in [5, 5.41) is 3.68. The van der Waals surface area contributed by atoms with Crippen LogP contribution >= 0.6 is 11.5 Å². The average Bonchev–Trinajstić information content (AvgIpc) is 3.13. The maximum atomic E-state index is 13.1. The summed E-state index contributed by atoms with van der Waals surface area (Å²) in [7, 11) is -2.47. The number of nitrogens with one attached hydrogen (secondary N) is 1. The van der Waals surface area contributed by atoms with Gasteiger partial charge in [-0.3, -0.25) is 4.79 Å². The van der Waals surface area contributed by atoms with Gasteiger partial charge in [-0.25, -0.2) is 8.42 Å². The Kier molecular flexibility index (Phi) is 5.97. The second-order valence-corrected chi connectivity index (χ2v) is 8.95. The number of nitrogens with zero attached hydrogens (tertiary/aromatic N) is 2. The molecule has 0 atom stereocenters. The number of likely N-dealkylation sites (N-methyl/N-ethyl adjacent to an activating group) is 1. The Hall–Kier alpha value is -2.49. The van der Waals surface area contributed by atoms with Gasteiger partial charge in [-0.2, -0.15) is 8.68 Å². The summed E-state index contributed by atoms with van der Waals surface area (Å²) in [6.45, 7) is 3.35. The fourth-order valence-electron chi connectivity index (χ4n) is 2.80. The number of carbonyl (C=O) groups is 1. The van der Waals surface area contributed by atoms with Crippen molar-refractivity contribution in [2.75, 3.05) is 25.5 Å². The second-order valence-electron chi connectivity index (χ2n) is 6.21. The Morgan fingerprint density at radius 1 is 1.25 bits per heavy atom. The summed E-state index contributed by atoms with van der Waals surface area (Å²) in [4.78, 5) is 12.5. The van der Waals surface area contributed by atoms with Gasteiger partial charge in [0.05, 0.1) is 18.4 Å². The number of hydrogen-bond donors (Lipinski definition) is 1. The molecule has 1 N–H and O–H groups in total. The Morgan fingerprint density at radius 2 is 2.04 bits per heavy atom. The highest BCUT2D eigenvalue weighted by Gasteiger charge is 2.28. The number of benzene rings is 2. The van der Waals surface area contributed by atoms with E-state index < -0.39 is 15.9 Å². The topological polar surface area (TPSA) is 88.6 Å². The number of anilines is 1. The van der Waals surface area contributed by atoms with Crippen molar-refractivity contribution in [3.63, 3.8) is 0 Å². The third-order valence-electron chi connectivity index (χ3n) is 4.25. The van der Waals surface area contributed by atoms with Gasteiger partial charge in [0.15, 0.2) is 0 Å². The molecule has 1 amide bonds. The highest BCUT2D eigenvalue weighted by Crippen LogP contribution is 2.28. The van der Waals surface area contributed by atoms with E-state index in [4.69, 9.17) is 4.74 Å². The largest absolute Gasteiger partial charge is 0.495 e. The van der Waals surface area contributed by atoms with Crippen LogP contribution in [-0.4, -0.2) is 43.2 Å². The molecule has 9 heteroatoms. The first-order chi connectivity index (χ1) is 13.3. The first-order valence-corrected chi connectivity index (χ1v) is 10.9. The summed E-state index contributed by atoms with van der Waals surface area (Å²) >= 11 is 1.37. The van der Waals surface area contributed by atoms with Crippen LogP contribution in [0.4, 0.5) is 5.69 Å². The molecule has 0 bridgehead atoms. The first kappa shape index (κ1) is 20.2. The highest BCUT2D eigenvalue weighted by atomic mass is 32.2. The van der Waals surface area contributed by atoms with Gasteiger partial charge in [-0.1, -0.05) is 13.0 Å². The number of sulfonamides is 1. The SMILES string of the molecule is CCN(CC(=O)Nc1ccc2sncc2c1)S(=O)(=O)c1cc(C)ccc1OC. The number of fused-ring (bicyclic) bond motifs is 1. The standard InChI is InChI=1S/C19H21N3O4S2/c1-4-22(28(24,25)18-9-13(2)5-7-16(18)26-3)12-19(23)21-15-6-8-17-14(10-15)11-20-27-17/h5-11H,4,12H2,1-3H3,(H,21,23). The van der Waals surface area contributed by atoms with Crippen molar-refractivity contribution < 1.29 is 17.9 Å². The van der Waals surface area contributed by atoms with Gasteiger partial charge in [-0.15, -0.1) is 0 Å². The predicted molar refractivity (Wildman–Crippen MR) is 110 cm³/mol. The summed E-state index contributed by atoms with van der Waals surface area (Å²) in [6.07, 6.45) is 1.72. The summed E-state index contributed by atoms with van der Waals surface area (Å²) in [5.41, 5.74) is 1.39.